The quantitative estimate of drug-likeness (QED) is 0.859. The van der Waals surface area contributed by atoms with E-state index in [4.69, 9.17) is 5.73 Å². The van der Waals surface area contributed by atoms with Gasteiger partial charge in [0, 0.05) is 23.5 Å². The van der Waals surface area contributed by atoms with Gasteiger partial charge in [-0.15, -0.1) is 0 Å². The minimum Gasteiger partial charge on any atom is -0.368 e. The van der Waals surface area contributed by atoms with Crippen molar-refractivity contribution in [1.82, 2.24) is 19.7 Å². The summed E-state index contributed by atoms with van der Waals surface area (Å²) in [6.45, 7) is 8.07. The first-order valence-corrected chi connectivity index (χ1v) is 5.64. The average Bonchev–Trinajstić information content (AvgIpc) is 2.59. The summed E-state index contributed by atoms with van der Waals surface area (Å²) in [6, 6.07) is 2.26. The van der Waals surface area contributed by atoms with Gasteiger partial charge in [0.2, 0.25) is 5.95 Å². The molecule has 2 aromatic rings. The third kappa shape index (κ3) is 2.27. The van der Waals surface area contributed by atoms with Crippen LogP contribution in [0, 0.1) is 13.8 Å². The van der Waals surface area contributed by atoms with Crippen molar-refractivity contribution in [2.45, 2.75) is 33.7 Å². The number of aromatic nitrogens is 4. The molecule has 0 aromatic carbocycles. The number of nitrogens with zero attached hydrogens (tertiary/aromatic N) is 4. The number of aryl methyl sites for hydroxylation is 2. The number of rotatable bonds is 2. The summed E-state index contributed by atoms with van der Waals surface area (Å²) in [6.07, 6.45) is 2.00. The first-order valence-electron chi connectivity index (χ1n) is 5.64. The Morgan fingerprint density at radius 3 is 2.47 bits per heavy atom. The molecule has 0 bridgehead atoms. The van der Waals surface area contributed by atoms with Crippen molar-refractivity contribution in [3.63, 3.8) is 0 Å². The molecule has 0 atom stereocenters. The maximum absolute atomic E-state index is 5.66. The zero-order chi connectivity index (χ0) is 12.6. The highest BCUT2D eigenvalue weighted by Crippen LogP contribution is 2.23. The fourth-order valence-corrected chi connectivity index (χ4v) is 1.73. The second kappa shape index (κ2) is 4.16. The molecule has 0 fully saturated rings. The molecule has 2 N–H and O–H groups in total. The molecule has 0 spiro atoms. The monoisotopic (exact) mass is 231 g/mol. The molecule has 0 aliphatic carbocycles. The number of anilines is 1. The van der Waals surface area contributed by atoms with Crippen LogP contribution in [-0.4, -0.2) is 19.7 Å². The van der Waals surface area contributed by atoms with Gasteiger partial charge in [-0.25, -0.2) is 9.97 Å². The van der Waals surface area contributed by atoms with Crippen LogP contribution >= 0.6 is 0 Å². The lowest BCUT2D eigenvalue weighted by atomic mass is 10.2. The first kappa shape index (κ1) is 11.6. The number of nitrogen functional groups attached to an aromatic ring is 1. The maximum Gasteiger partial charge on any atom is 0.220 e. The normalized spacial score (nSPS) is 11.1. The Morgan fingerprint density at radius 2 is 1.94 bits per heavy atom. The summed E-state index contributed by atoms with van der Waals surface area (Å²) in [4.78, 5) is 8.32. The molecule has 0 saturated carbocycles. The minimum atomic E-state index is 0.302. The lowest BCUT2D eigenvalue weighted by Gasteiger charge is -2.03. The van der Waals surface area contributed by atoms with Crippen LogP contribution in [0.1, 0.15) is 31.3 Å². The van der Waals surface area contributed by atoms with Crippen molar-refractivity contribution < 1.29 is 0 Å². The third-order valence-electron chi connectivity index (χ3n) is 2.59. The van der Waals surface area contributed by atoms with Crippen LogP contribution < -0.4 is 5.73 Å². The molecule has 90 valence electrons. The van der Waals surface area contributed by atoms with E-state index in [2.05, 4.69) is 28.9 Å². The van der Waals surface area contributed by atoms with Crippen LogP contribution in [0.25, 0.3) is 11.3 Å². The summed E-state index contributed by atoms with van der Waals surface area (Å²) in [5.74, 6) is 0.302. The van der Waals surface area contributed by atoms with Crippen LogP contribution in [-0.2, 0) is 0 Å². The zero-order valence-corrected chi connectivity index (χ0v) is 10.6. The van der Waals surface area contributed by atoms with E-state index in [1.54, 1.807) is 0 Å². The smallest absolute Gasteiger partial charge is 0.220 e. The zero-order valence-electron chi connectivity index (χ0n) is 10.6. The van der Waals surface area contributed by atoms with E-state index >= 15 is 0 Å². The summed E-state index contributed by atoms with van der Waals surface area (Å²) in [5, 5.41) is 4.46. The Morgan fingerprint density at radius 1 is 1.24 bits per heavy atom. The topological polar surface area (TPSA) is 69.6 Å². The van der Waals surface area contributed by atoms with Crippen molar-refractivity contribution in [3.05, 3.63) is 23.7 Å². The fraction of sp³-hybridized carbons (Fsp3) is 0.417. The lowest BCUT2D eigenvalue weighted by Crippen LogP contribution is -2.00. The Labute approximate surface area is 101 Å². The Hall–Kier alpha value is -1.91. The van der Waals surface area contributed by atoms with Gasteiger partial charge in [0.1, 0.15) is 0 Å². The highest BCUT2D eigenvalue weighted by Gasteiger charge is 2.11. The summed E-state index contributed by atoms with van der Waals surface area (Å²) in [5.41, 5.74) is 9.33. The van der Waals surface area contributed by atoms with Gasteiger partial charge >= 0.3 is 0 Å². The van der Waals surface area contributed by atoms with Crippen molar-refractivity contribution in [2.24, 2.45) is 0 Å². The van der Waals surface area contributed by atoms with Gasteiger partial charge in [-0.05, 0) is 33.8 Å². The molecule has 2 rings (SSSR count). The van der Waals surface area contributed by atoms with Gasteiger partial charge < -0.3 is 5.73 Å². The average molecular weight is 231 g/mol. The van der Waals surface area contributed by atoms with Crippen molar-refractivity contribution in [2.75, 3.05) is 5.73 Å². The molecule has 17 heavy (non-hydrogen) atoms. The molecule has 0 unspecified atom stereocenters. The molecule has 0 amide bonds. The third-order valence-corrected chi connectivity index (χ3v) is 2.59. The van der Waals surface area contributed by atoms with Crippen LogP contribution in [0.15, 0.2) is 12.3 Å². The molecule has 2 aromatic heterocycles. The second-order valence-corrected chi connectivity index (χ2v) is 4.45. The minimum absolute atomic E-state index is 0.302. The first-order chi connectivity index (χ1) is 7.97. The Bertz CT molecular complexity index is 522. The van der Waals surface area contributed by atoms with Gasteiger partial charge in [0.15, 0.2) is 0 Å². The molecular formula is C12H17N5. The fourth-order valence-electron chi connectivity index (χ4n) is 1.73. The number of nitrogens with two attached hydrogens (primary N) is 1. The predicted molar refractivity (Wildman–Crippen MR) is 67.5 cm³/mol. The highest BCUT2D eigenvalue weighted by atomic mass is 15.3. The van der Waals surface area contributed by atoms with E-state index in [1.807, 2.05) is 30.8 Å². The second-order valence-electron chi connectivity index (χ2n) is 4.45. The van der Waals surface area contributed by atoms with Crippen molar-refractivity contribution in [1.29, 1.82) is 0 Å². The maximum atomic E-state index is 5.66. The highest BCUT2D eigenvalue weighted by molar-refractivity contribution is 5.62. The van der Waals surface area contributed by atoms with Crippen LogP contribution in [0.5, 0.6) is 0 Å². The molecule has 0 saturated heterocycles. The van der Waals surface area contributed by atoms with E-state index < -0.39 is 0 Å². The lowest BCUT2D eigenvalue weighted by molar-refractivity contribution is 0.529. The van der Waals surface area contributed by atoms with E-state index in [0.717, 1.165) is 22.6 Å². The molecular weight excluding hydrogens is 214 g/mol. The molecule has 5 heteroatoms. The molecule has 0 aliphatic rings. The van der Waals surface area contributed by atoms with Gasteiger partial charge in [-0.2, -0.15) is 5.10 Å². The molecule has 0 aliphatic heterocycles. The van der Waals surface area contributed by atoms with Crippen LogP contribution in [0.4, 0.5) is 5.95 Å². The van der Waals surface area contributed by atoms with E-state index in [-0.39, 0.29) is 0 Å². The Balaban J connectivity index is 2.52. The molecule has 0 radical (unpaired) electrons. The van der Waals surface area contributed by atoms with Crippen molar-refractivity contribution in [3.8, 4) is 11.3 Å². The van der Waals surface area contributed by atoms with Gasteiger partial charge in [-0.3, -0.25) is 4.68 Å². The molecule has 2 heterocycles. The van der Waals surface area contributed by atoms with E-state index in [9.17, 15) is 0 Å². The van der Waals surface area contributed by atoms with Gasteiger partial charge in [0.25, 0.3) is 0 Å². The van der Waals surface area contributed by atoms with E-state index in [0.29, 0.717) is 12.0 Å². The standard InChI is InChI=1S/C12H17N5/c1-7(2)17-6-10(9(4)16-17)11-5-8(3)14-12(13)15-11/h5-7H,1-4H3,(H2,13,14,15). The Kier molecular flexibility index (Phi) is 2.83. The number of hydrogen-bond donors (Lipinski definition) is 1. The van der Waals surface area contributed by atoms with Gasteiger partial charge in [0.05, 0.1) is 11.4 Å². The van der Waals surface area contributed by atoms with Gasteiger partial charge in [-0.1, -0.05) is 0 Å². The summed E-state index contributed by atoms with van der Waals surface area (Å²) < 4.78 is 1.93. The van der Waals surface area contributed by atoms with E-state index in [1.165, 1.54) is 0 Å². The largest absolute Gasteiger partial charge is 0.368 e. The summed E-state index contributed by atoms with van der Waals surface area (Å²) >= 11 is 0. The number of hydrogen-bond acceptors (Lipinski definition) is 4. The SMILES string of the molecule is Cc1cc(-c2cn(C(C)C)nc2C)nc(N)n1. The van der Waals surface area contributed by atoms with Crippen LogP contribution in [0.2, 0.25) is 0 Å². The van der Waals surface area contributed by atoms with Crippen LogP contribution in [0.3, 0.4) is 0 Å². The predicted octanol–water partition coefficient (Wildman–Crippen LogP) is 2.12. The van der Waals surface area contributed by atoms with Crippen molar-refractivity contribution >= 4 is 5.95 Å². The molecule has 5 nitrogen and oxygen atoms in total. The summed E-state index contributed by atoms with van der Waals surface area (Å²) in [7, 11) is 0.